The van der Waals surface area contributed by atoms with Crippen molar-refractivity contribution in [1.82, 2.24) is 0 Å². The summed E-state index contributed by atoms with van der Waals surface area (Å²) in [4.78, 5) is 10.8. The molecule has 3 heteroatoms. The normalized spacial score (nSPS) is 39.4. The Labute approximate surface area is 83.0 Å². The first-order valence-corrected chi connectivity index (χ1v) is 4.95. The van der Waals surface area contributed by atoms with Gasteiger partial charge in [-0.25, -0.2) is 4.79 Å². The maximum atomic E-state index is 10.8. The lowest BCUT2D eigenvalue weighted by molar-refractivity contribution is -0.133. The molecule has 0 radical (unpaired) electrons. The van der Waals surface area contributed by atoms with Gasteiger partial charge in [0.2, 0.25) is 0 Å². The molecule has 0 saturated heterocycles. The number of nitriles is 1. The zero-order valence-electron chi connectivity index (χ0n) is 7.94. The highest BCUT2D eigenvalue weighted by atomic mass is 16.4. The minimum Gasteiger partial charge on any atom is -0.478 e. The van der Waals surface area contributed by atoms with Gasteiger partial charge in [-0.05, 0) is 37.0 Å². The molecular formula is C11H13NO2. The Bertz CT molecular complexity index is 329. The van der Waals surface area contributed by atoms with Gasteiger partial charge >= 0.3 is 5.97 Å². The number of carboxylic acid groups (broad SMARTS) is 1. The number of fused-ring (bicyclic) bond motifs is 2. The maximum Gasteiger partial charge on any atom is 0.331 e. The quantitative estimate of drug-likeness (QED) is 0.677. The van der Waals surface area contributed by atoms with Crippen molar-refractivity contribution < 1.29 is 9.90 Å². The van der Waals surface area contributed by atoms with Gasteiger partial charge in [-0.15, -0.1) is 0 Å². The first-order valence-electron chi connectivity index (χ1n) is 4.95. The van der Waals surface area contributed by atoms with Gasteiger partial charge in [0.05, 0.1) is 12.0 Å². The number of carboxylic acids is 1. The number of nitrogens with zero attached hydrogens (tertiary/aromatic N) is 1. The van der Waals surface area contributed by atoms with E-state index >= 15 is 0 Å². The second-order valence-corrected chi connectivity index (χ2v) is 4.41. The highest BCUT2D eigenvalue weighted by Gasteiger charge is 2.48. The van der Waals surface area contributed by atoms with Crippen LogP contribution in [0.15, 0.2) is 12.2 Å². The number of aliphatic carboxylic acids is 1. The predicted molar refractivity (Wildman–Crippen MR) is 50.2 cm³/mol. The third-order valence-electron chi connectivity index (χ3n) is 3.70. The van der Waals surface area contributed by atoms with Crippen LogP contribution in [-0.2, 0) is 4.79 Å². The van der Waals surface area contributed by atoms with Crippen molar-refractivity contribution in [3.63, 3.8) is 0 Å². The monoisotopic (exact) mass is 191 g/mol. The van der Waals surface area contributed by atoms with Crippen molar-refractivity contribution in [2.75, 3.05) is 0 Å². The molecule has 2 aliphatic rings. The molecule has 0 heterocycles. The van der Waals surface area contributed by atoms with Crippen LogP contribution in [-0.4, -0.2) is 11.1 Å². The van der Waals surface area contributed by atoms with Crippen LogP contribution < -0.4 is 0 Å². The summed E-state index contributed by atoms with van der Waals surface area (Å²) >= 11 is 0. The Kier molecular flexibility index (Phi) is 2.07. The maximum absolute atomic E-state index is 10.8. The molecular weight excluding hydrogens is 178 g/mol. The molecule has 0 spiro atoms. The van der Waals surface area contributed by atoms with Crippen molar-refractivity contribution >= 4 is 5.97 Å². The van der Waals surface area contributed by atoms with Gasteiger partial charge in [-0.2, -0.15) is 5.26 Å². The van der Waals surface area contributed by atoms with Gasteiger partial charge in [0.15, 0.2) is 0 Å². The molecule has 2 fully saturated rings. The number of carbonyl (C=O) groups is 1. The summed E-state index contributed by atoms with van der Waals surface area (Å²) in [7, 11) is 0. The first-order chi connectivity index (χ1) is 6.63. The average molecular weight is 191 g/mol. The van der Waals surface area contributed by atoms with E-state index in [9.17, 15) is 4.79 Å². The van der Waals surface area contributed by atoms with Gasteiger partial charge in [0, 0.05) is 5.57 Å². The van der Waals surface area contributed by atoms with E-state index in [0.29, 0.717) is 11.5 Å². The summed E-state index contributed by atoms with van der Waals surface area (Å²) in [6.07, 6.45) is 2.91. The van der Waals surface area contributed by atoms with Crippen LogP contribution in [0.4, 0.5) is 0 Å². The standard InChI is InChI=1S/C11H13NO2/c1-6(11(13)14)9-3-7-2-8(5-12)10(9)4-7/h7-10H,1-4H2,(H,13,14). The predicted octanol–water partition coefficient (Wildman–Crippen LogP) is 1.81. The van der Waals surface area contributed by atoms with Crippen molar-refractivity contribution in [3.05, 3.63) is 12.2 Å². The molecule has 2 saturated carbocycles. The van der Waals surface area contributed by atoms with E-state index < -0.39 is 5.97 Å². The lowest BCUT2D eigenvalue weighted by atomic mass is 9.78. The van der Waals surface area contributed by atoms with Crippen molar-refractivity contribution in [3.8, 4) is 6.07 Å². The molecule has 0 aromatic rings. The average Bonchev–Trinajstić information content (AvgIpc) is 2.74. The van der Waals surface area contributed by atoms with Gasteiger partial charge in [0.25, 0.3) is 0 Å². The SMILES string of the molecule is C=C(C(=O)O)C1CC2CC(C#N)C1C2. The van der Waals surface area contributed by atoms with Gasteiger partial charge in [-0.3, -0.25) is 0 Å². The summed E-state index contributed by atoms with van der Waals surface area (Å²) < 4.78 is 0. The van der Waals surface area contributed by atoms with E-state index in [1.54, 1.807) is 0 Å². The van der Waals surface area contributed by atoms with E-state index in [1.807, 2.05) is 0 Å². The highest BCUT2D eigenvalue weighted by Crippen LogP contribution is 2.53. The summed E-state index contributed by atoms with van der Waals surface area (Å²) in [6.45, 7) is 3.61. The van der Waals surface area contributed by atoms with Crippen LogP contribution >= 0.6 is 0 Å². The lowest BCUT2D eigenvalue weighted by Gasteiger charge is -2.25. The second kappa shape index (κ2) is 3.13. The van der Waals surface area contributed by atoms with E-state index in [1.165, 1.54) is 0 Å². The van der Waals surface area contributed by atoms with Gasteiger partial charge in [0.1, 0.15) is 0 Å². The number of hydrogen-bond acceptors (Lipinski definition) is 2. The Balaban J connectivity index is 2.14. The van der Waals surface area contributed by atoms with Crippen LogP contribution in [0.5, 0.6) is 0 Å². The van der Waals surface area contributed by atoms with Gasteiger partial charge < -0.3 is 5.11 Å². The van der Waals surface area contributed by atoms with Crippen LogP contribution in [0, 0.1) is 35.0 Å². The van der Waals surface area contributed by atoms with E-state index in [-0.39, 0.29) is 17.8 Å². The minimum atomic E-state index is -0.903. The van der Waals surface area contributed by atoms with Crippen LogP contribution in [0.25, 0.3) is 0 Å². The molecule has 1 N–H and O–H groups in total. The lowest BCUT2D eigenvalue weighted by Crippen LogP contribution is -2.23. The molecule has 4 unspecified atom stereocenters. The Hall–Kier alpha value is -1.30. The topological polar surface area (TPSA) is 61.1 Å². The molecule has 0 amide bonds. The molecule has 2 rings (SSSR count). The number of hydrogen-bond donors (Lipinski definition) is 1. The van der Waals surface area contributed by atoms with E-state index in [2.05, 4.69) is 12.6 Å². The Morgan fingerprint density at radius 3 is 2.64 bits per heavy atom. The smallest absolute Gasteiger partial charge is 0.331 e. The van der Waals surface area contributed by atoms with E-state index in [4.69, 9.17) is 10.4 Å². The molecule has 3 nitrogen and oxygen atoms in total. The zero-order chi connectivity index (χ0) is 10.3. The van der Waals surface area contributed by atoms with Crippen LogP contribution in [0.1, 0.15) is 19.3 Å². The Morgan fingerprint density at radius 2 is 2.14 bits per heavy atom. The minimum absolute atomic E-state index is 0.0518. The second-order valence-electron chi connectivity index (χ2n) is 4.41. The largest absolute Gasteiger partial charge is 0.478 e. The van der Waals surface area contributed by atoms with Crippen molar-refractivity contribution in [2.24, 2.45) is 23.7 Å². The van der Waals surface area contributed by atoms with E-state index in [0.717, 1.165) is 19.3 Å². The third kappa shape index (κ3) is 1.22. The van der Waals surface area contributed by atoms with Crippen molar-refractivity contribution in [2.45, 2.75) is 19.3 Å². The number of rotatable bonds is 2. The molecule has 0 aromatic heterocycles. The molecule has 2 aliphatic carbocycles. The zero-order valence-corrected chi connectivity index (χ0v) is 7.94. The summed E-state index contributed by atoms with van der Waals surface area (Å²) in [6, 6.07) is 2.29. The van der Waals surface area contributed by atoms with Crippen molar-refractivity contribution in [1.29, 1.82) is 5.26 Å². The fourth-order valence-electron chi connectivity index (χ4n) is 3.06. The molecule has 2 bridgehead atoms. The summed E-state index contributed by atoms with van der Waals surface area (Å²) in [5.74, 6) is 0.0318. The summed E-state index contributed by atoms with van der Waals surface area (Å²) in [5.41, 5.74) is 0.303. The molecule has 14 heavy (non-hydrogen) atoms. The fourth-order valence-corrected chi connectivity index (χ4v) is 3.06. The highest BCUT2D eigenvalue weighted by molar-refractivity contribution is 5.86. The van der Waals surface area contributed by atoms with Crippen LogP contribution in [0.2, 0.25) is 0 Å². The Morgan fingerprint density at radius 1 is 1.43 bits per heavy atom. The molecule has 0 aliphatic heterocycles. The van der Waals surface area contributed by atoms with Gasteiger partial charge in [-0.1, -0.05) is 6.58 Å². The molecule has 4 atom stereocenters. The summed E-state index contributed by atoms with van der Waals surface area (Å²) in [5, 5.41) is 17.7. The first kappa shape index (κ1) is 9.26. The molecule has 74 valence electrons. The fraction of sp³-hybridized carbons (Fsp3) is 0.636. The molecule has 0 aromatic carbocycles. The third-order valence-corrected chi connectivity index (χ3v) is 3.70. The van der Waals surface area contributed by atoms with Crippen LogP contribution in [0.3, 0.4) is 0 Å².